The molecule has 54 heavy (non-hydrogen) atoms. The molecule has 0 fully saturated rings. The maximum Gasteiger partial charge on any atom is 0.268 e. The molecule has 8 nitrogen and oxygen atoms in total. The summed E-state index contributed by atoms with van der Waals surface area (Å²) in [5.74, 6) is -0.167. The van der Waals surface area contributed by atoms with Crippen LogP contribution >= 0.6 is 7.82 Å². The van der Waals surface area contributed by atoms with E-state index in [2.05, 4.69) is 19.2 Å². The molecule has 0 heterocycles. The number of amides is 1. The molecule has 0 saturated heterocycles. The van der Waals surface area contributed by atoms with Crippen molar-refractivity contribution in [3.8, 4) is 0 Å². The molecule has 9 heteroatoms. The van der Waals surface area contributed by atoms with E-state index < -0.39 is 20.0 Å². The van der Waals surface area contributed by atoms with Gasteiger partial charge in [0.15, 0.2) is 0 Å². The minimum absolute atomic E-state index is 0.0148. The highest BCUT2D eigenvalue weighted by molar-refractivity contribution is 7.45. The monoisotopic (exact) mass is 789 g/mol. The molecule has 0 spiro atoms. The van der Waals surface area contributed by atoms with Crippen LogP contribution in [-0.2, 0) is 18.4 Å². The molecular weight excluding hydrogens is 695 g/mol. The molecule has 0 aromatic heterocycles. The first-order chi connectivity index (χ1) is 26.0. The van der Waals surface area contributed by atoms with Gasteiger partial charge < -0.3 is 28.8 Å². The molecule has 0 rings (SSSR count). The van der Waals surface area contributed by atoms with E-state index in [0.717, 1.165) is 51.4 Å². The van der Waals surface area contributed by atoms with Crippen molar-refractivity contribution >= 4 is 13.7 Å². The van der Waals surface area contributed by atoms with Crippen molar-refractivity contribution in [1.29, 1.82) is 0 Å². The number of carbonyl (C=O) groups excluding carboxylic acids is 1. The number of rotatable bonds is 43. The van der Waals surface area contributed by atoms with Gasteiger partial charge in [-0.25, -0.2) is 0 Å². The standard InChI is InChI=1S/C45H93N2O6P/c1-6-8-10-12-13-14-15-16-17-18-19-20-21-22-23-24-25-26-27-28-29-30-31-32-33-35-37-39-45(49)46-43(44(48)38-36-34-11-9-7-2)42-53-54(50,51)52-41-40-47(3,4)5/h43-44,48H,6-42H2,1-5H3,(H-,46,49,50,51). The van der Waals surface area contributed by atoms with Crippen LogP contribution in [0, 0.1) is 0 Å². The fraction of sp³-hybridized carbons (Fsp3) is 0.978. The minimum Gasteiger partial charge on any atom is -0.756 e. The summed E-state index contributed by atoms with van der Waals surface area (Å²) >= 11 is 0. The lowest BCUT2D eigenvalue weighted by Crippen LogP contribution is -2.46. The summed E-state index contributed by atoms with van der Waals surface area (Å²) in [5, 5.41) is 13.7. The number of carbonyl (C=O) groups is 1. The van der Waals surface area contributed by atoms with Crippen molar-refractivity contribution < 1.29 is 32.9 Å². The third-order valence-corrected chi connectivity index (χ3v) is 11.8. The molecule has 0 bridgehead atoms. The van der Waals surface area contributed by atoms with Crippen LogP contribution in [0.5, 0.6) is 0 Å². The van der Waals surface area contributed by atoms with Crippen LogP contribution in [0.2, 0.25) is 0 Å². The van der Waals surface area contributed by atoms with Gasteiger partial charge in [0.1, 0.15) is 13.2 Å². The topological polar surface area (TPSA) is 108 Å². The zero-order valence-electron chi connectivity index (χ0n) is 36.7. The normalized spacial score (nSPS) is 14.3. The molecule has 0 saturated carbocycles. The van der Waals surface area contributed by atoms with Crippen LogP contribution < -0.4 is 10.2 Å². The van der Waals surface area contributed by atoms with Gasteiger partial charge in [-0.3, -0.25) is 9.36 Å². The summed E-state index contributed by atoms with van der Waals surface area (Å²) in [6, 6.07) is -0.790. The lowest BCUT2D eigenvalue weighted by molar-refractivity contribution is -0.870. The number of hydrogen-bond donors (Lipinski definition) is 2. The quantitative estimate of drug-likeness (QED) is 0.0362. The Hall–Kier alpha value is -0.500. The fourth-order valence-corrected chi connectivity index (χ4v) is 7.82. The van der Waals surface area contributed by atoms with Crippen molar-refractivity contribution in [3.63, 3.8) is 0 Å². The second-order valence-corrected chi connectivity index (χ2v) is 18.9. The average Bonchev–Trinajstić information content (AvgIpc) is 3.12. The van der Waals surface area contributed by atoms with Crippen LogP contribution in [0.3, 0.4) is 0 Å². The van der Waals surface area contributed by atoms with Gasteiger partial charge in [-0.05, 0) is 12.8 Å². The number of unbranched alkanes of at least 4 members (excludes halogenated alkanes) is 30. The number of phosphoric acid groups is 1. The highest BCUT2D eigenvalue weighted by Gasteiger charge is 2.24. The van der Waals surface area contributed by atoms with E-state index in [9.17, 15) is 19.4 Å². The Morgan fingerprint density at radius 3 is 1.26 bits per heavy atom. The summed E-state index contributed by atoms with van der Waals surface area (Å²) in [7, 11) is 1.31. The van der Waals surface area contributed by atoms with Gasteiger partial charge in [0.2, 0.25) is 5.91 Å². The molecule has 0 aliphatic heterocycles. The highest BCUT2D eigenvalue weighted by Crippen LogP contribution is 2.38. The van der Waals surface area contributed by atoms with E-state index >= 15 is 0 Å². The van der Waals surface area contributed by atoms with Crippen LogP contribution in [-0.4, -0.2) is 68.5 Å². The van der Waals surface area contributed by atoms with Gasteiger partial charge in [-0.1, -0.05) is 213 Å². The van der Waals surface area contributed by atoms with E-state index in [1.807, 2.05) is 21.1 Å². The Kier molecular flexibility index (Phi) is 37.7. The summed E-state index contributed by atoms with van der Waals surface area (Å²) < 4.78 is 23.1. The molecule has 0 aromatic carbocycles. The summed E-state index contributed by atoms with van der Waals surface area (Å²) in [6.07, 6.45) is 41.8. The van der Waals surface area contributed by atoms with E-state index in [1.165, 1.54) is 154 Å². The third kappa shape index (κ3) is 39.7. The van der Waals surface area contributed by atoms with Crippen molar-refractivity contribution in [3.05, 3.63) is 0 Å². The molecule has 1 amide bonds. The SMILES string of the molecule is CCCCCCCCCCCCCCCCCCCCCCCCCCCCCC(=O)NC(COP(=O)([O-])OCC[N+](C)(C)C)C(O)CCCCCCC. The van der Waals surface area contributed by atoms with E-state index in [0.29, 0.717) is 23.9 Å². The molecule has 324 valence electrons. The molecule has 3 atom stereocenters. The zero-order chi connectivity index (χ0) is 40.0. The Labute approximate surface area is 336 Å². The average molecular weight is 789 g/mol. The first-order valence-corrected chi connectivity index (χ1v) is 24.8. The Bertz CT molecular complexity index is 855. The number of hydrogen-bond acceptors (Lipinski definition) is 6. The van der Waals surface area contributed by atoms with Crippen LogP contribution in [0.4, 0.5) is 0 Å². The first kappa shape index (κ1) is 53.5. The molecule has 0 aromatic rings. The number of quaternary nitrogens is 1. The van der Waals surface area contributed by atoms with Crippen LogP contribution in [0.15, 0.2) is 0 Å². The molecule has 0 aliphatic rings. The molecule has 2 N–H and O–H groups in total. The van der Waals surface area contributed by atoms with Gasteiger partial charge in [-0.15, -0.1) is 0 Å². The lowest BCUT2D eigenvalue weighted by atomic mass is 10.0. The lowest BCUT2D eigenvalue weighted by Gasteiger charge is -2.30. The summed E-state index contributed by atoms with van der Waals surface area (Å²) in [5.41, 5.74) is 0. The predicted octanol–water partition coefficient (Wildman–Crippen LogP) is 12.3. The Balaban J connectivity index is 3.85. The second-order valence-electron chi connectivity index (χ2n) is 17.5. The predicted molar refractivity (Wildman–Crippen MR) is 229 cm³/mol. The van der Waals surface area contributed by atoms with Crippen molar-refractivity contribution in [2.75, 3.05) is 40.9 Å². The Morgan fingerprint density at radius 1 is 0.574 bits per heavy atom. The number of nitrogens with one attached hydrogen (secondary N) is 1. The number of likely N-dealkylation sites (N-methyl/N-ethyl adjacent to an activating group) is 1. The Morgan fingerprint density at radius 2 is 0.907 bits per heavy atom. The largest absolute Gasteiger partial charge is 0.756 e. The fourth-order valence-electron chi connectivity index (χ4n) is 7.10. The number of aliphatic hydroxyl groups is 1. The number of aliphatic hydroxyl groups excluding tert-OH is 1. The maximum absolute atomic E-state index is 12.8. The highest BCUT2D eigenvalue weighted by atomic mass is 31.2. The van der Waals surface area contributed by atoms with Gasteiger partial charge >= 0.3 is 0 Å². The molecule has 0 radical (unpaired) electrons. The third-order valence-electron chi connectivity index (χ3n) is 10.8. The van der Waals surface area contributed by atoms with Gasteiger partial charge in [0.25, 0.3) is 7.82 Å². The van der Waals surface area contributed by atoms with E-state index in [1.54, 1.807) is 0 Å². The summed E-state index contributed by atoms with van der Waals surface area (Å²) in [4.78, 5) is 25.1. The van der Waals surface area contributed by atoms with Crippen molar-refractivity contribution in [2.24, 2.45) is 0 Å². The van der Waals surface area contributed by atoms with Gasteiger partial charge in [0.05, 0.1) is 39.9 Å². The van der Waals surface area contributed by atoms with E-state index in [4.69, 9.17) is 9.05 Å². The second kappa shape index (κ2) is 38.0. The maximum atomic E-state index is 12.8. The zero-order valence-corrected chi connectivity index (χ0v) is 37.6. The molecule has 0 aliphatic carbocycles. The molecule has 3 unspecified atom stereocenters. The van der Waals surface area contributed by atoms with Gasteiger partial charge in [-0.2, -0.15) is 0 Å². The van der Waals surface area contributed by atoms with Crippen LogP contribution in [0.1, 0.15) is 232 Å². The first-order valence-electron chi connectivity index (χ1n) is 23.4. The smallest absolute Gasteiger partial charge is 0.268 e. The number of nitrogens with zero attached hydrogens (tertiary/aromatic N) is 1. The minimum atomic E-state index is -4.54. The van der Waals surface area contributed by atoms with Gasteiger partial charge in [0, 0.05) is 6.42 Å². The van der Waals surface area contributed by atoms with Crippen LogP contribution in [0.25, 0.3) is 0 Å². The summed E-state index contributed by atoms with van der Waals surface area (Å²) in [6.45, 7) is 4.65. The van der Waals surface area contributed by atoms with E-state index in [-0.39, 0.29) is 19.1 Å². The number of phosphoric ester groups is 1. The van der Waals surface area contributed by atoms with Crippen molar-refractivity contribution in [1.82, 2.24) is 5.32 Å². The molecular formula is C45H93N2O6P. The van der Waals surface area contributed by atoms with Crippen molar-refractivity contribution in [2.45, 2.75) is 244 Å².